The van der Waals surface area contributed by atoms with Crippen LogP contribution in [-0.4, -0.2) is 71.7 Å². The van der Waals surface area contributed by atoms with E-state index in [9.17, 15) is 9.59 Å². The van der Waals surface area contributed by atoms with Gasteiger partial charge in [-0.05, 0) is 43.8 Å². The maximum atomic E-state index is 12.9. The minimum atomic E-state index is -0.707. The molecule has 0 spiro atoms. The number of benzene rings is 2. The predicted molar refractivity (Wildman–Crippen MR) is 130 cm³/mol. The standard InChI is InChI=1S/C26H29N5O2/c1-29-14-16-30(17-15-29)12-7-13-31-18-21(20-10-5-6-11-22(20)31)23-24(26(33)28-25(23)32)27-19-8-3-2-4-9-19/h2-6,8-11,18,23H,7,12-17H2,1H3,(H,28,32,33). The van der Waals surface area contributed by atoms with Crippen LogP contribution < -0.4 is 5.32 Å². The van der Waals surface area contributed by atoms with Crippen molar-refractivity contribution in [1.29, 1.82) is 0 Å². The summed E-state index contributed by atoms with van der Waals surface area (Å²) in [6, 6.07) is 17.4. The van der Waals surface area contributed by atoms with Gasteiger partial charge in [0.25, 0.3) is 5.91 Å². The van der Waals surface area contributed by atoms with Crippen molar-refractivity contribution in [3.05, 3.63) is 66.4 Å². The zero-order valence-electron chi connectivity index (χ0n) is 18.9. The number of nitrogens with zero attached hydrogens (tertiary/aromatic N) is 4. The number of carbonyl (C=O) groups is 2. The molecule has 170 valence electrons. The van der Waals surface area contributed by atoms with Crippen LogP contribution in [0.15, 0.2) is 65.8 Å². The summed E-state index contributed by atoms with van der Waals surface area (Å²) in [5.41, 5.74) is 2.84. The van der Waals surface area contributed by atoms with E-state index in [1.165, 1.54) is 0 Å². The number of carbonyl (C=O) groups excluding carboxylic acids is 2. The van der Waals surface area contributed by atoms with Gasteiger partial charge in [0.2, 0.25) is 5.91 Å². The number of amides is 2. The second-order valence-electron chi connectivity index (χ2n) is 8.88. The summed E-state index contributed by atoms with van der Waals surface area (Å²) in [7, 11) is 2.17. The van der Waals surface area contributed by atoms with Gasteiger partial charge in [-0.25, -0.2) is 4.99 Å². The molecule has 3 heterocycles. The first kappa shape index (κ1) is 21.6. The number of hydrogen-bond donors (Lipinski definition) is 1. The van der Waals surface area contributed by atoms with Crippen LogP contribution in [0.2, 0.25) is 0 Å². The van der Waals surface area contributed by atoms with Crippen LogP contribution in [0.4, 0.5) is 5.69 Å². The molecule has 0 aliphatic carbocycles. The van der Waals surface area contributed by atoms with Gasteiger partial charge in [-0.2, -0.15) is 0 Å². The molecule has 0 radical (unpaired) electrons. The van der Waals surface area contributed by atoms with Crippen LogP contribution in [0.5, 0.6) is 0 Å². The minimum Gasteiger partial charge on any atom is -0.347 e. The molecule has 7 heteroatoms. The number of likely N-dealkylation sites (N-methyl/N-ethyl adjacent to an activating group) is 1. The lowest BCUT2D eigenvalue weighted by atomic mass is 9.95. The van der Waals surface area contributed by atoms with E-state index in [1.54, 1.807) is 0 Å². The van der Waals surface area contributed by atoms with Crippen molar-refractivity contribution in [2.75, 3.05) is 39.8 Å². The number of nitrogens with one attached hydrogen (secondary N) is 1. The smallest absolute Gasteiger partial charge is 0.273 e. The van der Waals surface area contributed by atoms with Crippen molar-refractivity contribution >= 4 is 34.1 Å². The maximum absolute atomic E-state index is 12.9. The summed E-state index contributed by atoms with van der Waals surface area (Å²) in [5, 5.41) is 3.46. The Balaban J connectivity index is 1.42. The van der Waals surface area contributed by atoms with Gasteiger partial charge >= 0.3 is 0 Å². The second-order valence-corrected chi connectivity index (χ2v) is 8.88. The SMILES string of the molecule is CN1CCN(CCCn2cc(C3C(=O)NC(=O)C3=Nc3ccccc3)c3ccccc32)CC1. The van der Waals surface area contributed by atoms with Crippen LogP contribution in [0.25, 0.3) is 10.9 Å². The van der Waals surface area contributed by atoms with Crippen LogP contribution >= 0.6 is 0 Å². The van der Waals surface area contributed by atoms with E-state index < -0.39 is 11.8 Å². The van der Waals surface area contributed by atoms with Gasteiger partial charge in [0.15, 0.2) is 0 Å². The molecule has 7 nitrogen and oxygen atoms in total. The highest BCUT2D eigenvalue weighted by atomic mass is 16.2. The lowest BCUT2D eigenvalue weighted by Gasteiger charge is -2.32. The van der Waals surface area contributed by atoms with Crippen molar-refractivity contribution in [2.24, 2.45) is 4.99 Å². The van der Waals surface area contributed by atoms with E-state index in [1.807, 2.05) is 54.7 Å². The molecule has 2 saturated heterocycles. The molecule has 1 atom stereocenters. The first-order chi connectivity index (χ1) is 16.1. The third-order valence-corrected chi connectivity index (χ3v) is 6.61. The lowest BCUT2D eigenvalue weighted by molar-refractivity contribution is -0.124. The predicted octanol–water partition coefficient (Wildman–Crippen LogP) is 2.79. The largest absolute Gasteiger partial charge is 0.347 e. The monoisotopic (exact) mass is 443 g/mol. The summed E-state index contributed by atoms with van der Waals surface area (Å²) >= 11 is 0. The molecule has 1 unspecified atom stereocenters. The van der Waals surface area contributed by atoms with Crippen LogP contribution in [0.1, 0.15) is 17.9 Å². The van der Waals surface area contributed by atoms with E-state index >= 15 is 0 Å². The molecular weight excluding hydrogens is 414 g/mol. The summed E-state index contributed by atoms with van der Waals surface area (Å²) < 4.78 is 2.22. The first-order valence-electron chi connectivity index (χ1n) is 11.6. The Labute approximate surface area is 193 Å². The van der Waals surface area contributed by atoms with Gasteiger partial charge in [0.05, 0.1) is 5.69 Å². The number of fused-ring (bicyclic) bond motifs is 1. The number of aromatic nitrogens is 1. The fraction of sp³-hybridized carbons (Fsp3) is 0.346. The van der Waals surface area contributed by atoms with E-state index in [-0.39, 0.29) is 11.6 Å². The Hall–Kier alpha value is -3.29. The van der Waals surface area contributed by atoms with Gasteiger partial charge in [-0.1, -0.05) is 36.4 Å². The van der Waals surface area contributed by atoms with Crippen molar-refractivity contribution in [3.63, 3.8) is 0 Å². The molecule has 5 rings (SSSR count). The van der Waals surface area contributed by atoms with Crippen molar-refractivity contribution < 1.29 is 9.59 Å². The topological polar surface area (TPSA) is 69.9 Å². The number of aryl methyl sites for hydroxylation is 1. The van der Waals surface area contributed by atoms with E-state index in [2.05, 4.69) is 37.8 Å². The fourth-order valence-corrected chi connectivity index (χ4v) is 4.78. The van der Waals surface area contributed by atoms with E-state index in [4.69, 9.17) is 0 Å². The molecule has 33 heavy (non-hydrogen) atoms. The molecule has 0 saturated carbocycles. The number of para-hydroxylation sites is 2. The van der Waals surface area contributed by atoms with Gasteiger partial charge < -0.3 is 14.4 Å². The third kappa shape index (κ3) is 4.47. The van der Waals surface area contributed by atoms with Gasteiger partial charge in [0, 0.05) is 49.8 Å². The molecule has 2 aliphatic rings. The molecule has 3 aromatic rings. The Morgan fingerprint density at radius 1 is 0.939 bits per heavy atom. The molecule has 1 aromatic heterocycles. The normalized spacial score (nSPS) is 21.2. The number of rotatable bonds is 6. The Kier molecular flexibility index (Phi) is 6.07. The zero-order chi connectivity index (χ0) is 22.8. The average Bonchev–Trinajstić information content (AvgIpc) is 3.32. The van der Waals surface area contributed by atoms with Gasteiger partial charge in [0.1, 0.15) is 11.6 Å². The summed E-state index contributed by atoms with van der Waals surface area (Å²) in [6.45, 7) is 6.37. The van der Waals surface area contributed by atoms with Crippen LogP contribution in [0, 0.1) is 0 Å². The van der Waals surface area contributed by atoms with E-state index in [0.29, 0.717) is 5.69 Å². The Morgan fingerprint density at radius 3 is 2.45 bits per heavy atom. The van der Waals surface area contributed by atoms with Crippen molar-refractivity contribution in [3.8, 4) is 0 Å². The molecular formula is C26H29N5O2. The molecule has 2 amide bonds. The quantitative estimate of drug-likeness (QED) is 0.595. The molecule has 2 fully saturated rings. The number of hydrogen-bond acceptors (Lipinski definition) is 5. The van der Waals surface area contributed by atoms with Crippen LogP contribution in [0.3, 0.4) is 0 Å². The van der Waals surface area contributed by atoms with Gasteiger partial charge in [-0.3, -0.25) is 14.9 Å². The number of imide groups is 1. The number of aliphatic imine (C=N–C) groups is 1. The Bertz CT molecular complexity index is 1190. The first-order valence-corrected chi connectivity index (χ1v) is 11.6. The van der Waals surface area contributed by atoms with Gasteiger partial charge in [-0.15, -0.1) is 0 Å². The third-order valence-electron chi connectivity index (χ3n) is 6.61. The highest BCUT2D eigenvalue weighted by molar-refractivity contribution is 6.52. The molecule has 2 aliphatic heterocycles. The van der Waals surface area contributed by atoms with Crippen molar-refractivity contribution in [1.82, 2.24) is 19.7 Å². The molecule has 1 N–H and O–H groups in total. The summed E-state index contributed by atoms with van der Waals surface area (Å²) in [6.07, 6.45) is 3.07. The maximum Gasteiger partial charge on any atom is 0.273 e. The number of piperazine rings is 1. The van der Waals surface area contributed by atoms with Crippen molar-refractivity contribution in [2.45, 2.75) is 18.9 Å². The minimum absolute atomic E-state index is 0.256. The average molecular weight is 444 g/mol. The Morgan fingerprint density at radius 2 is 1.67 bits per heavy atom. The molecule has 2 aromatic carbocycles. The summed E-state index contributed by atoms with van der Waals surface area (Å²) in [4.78, 5) is 34.9. The molecule has 0 bridgehead atoms. The lowest BCUT2D eigenvalue weighted by Crippen LogP contribution is -2.44. The van der Waals surface area contributed by atoms with Crippen LogP contribution in [-0.2, 0) is 16.1 Å². The fourth-order valence-electron chi connectivity index (χ4n) is 4.78. The summed E-state index contributed by atoms with van der Waals surface area (Å²) in [5.74, 6) is -1.43. The zero-order valence-corrected chi connectivity index (χ0v) is 18.9. The highest BCUT2D eigenvalue weighted by Gasteiger charge is 2.40. The second kappa shape index (κ2) is 9.29. The van der Waals surface area contributed by atoms with E-state index in [0.717, 1.165) is 62.2 Å². The highest BCUT2D eigenvalue weighted by Crippen LogP contribution is 2.32.